The SMILES string of the molecule is N#Cc1c(Cl)nsc1NC1CCC(N2C(=O)CCC2=O)CC1. The zero-order valence-electron chi connectivity index (χ0n) is 11.8. The normalized spacial score (nSPS) is 25.4. The minimum absolute atomic E-state index is 0.0287. The van der Waals surface area contributed by atoms with E-state index in [1.165, 1.54) is 16.4 Å². The number of likely N-dealkylation sites (tertiary alicyclic amines) is 1. The molecule has 22 heavy (non-hydrogen) atoms. The number of hydrogen-bond donors (Lipinski definition) is 1. The van der Waals surface area contributed by atoms with Crippen LogP contribution in [-0.4, -0.2) is 33.2 Å². The molecular weight excluding hydrogens is 324 g/mol. The average Bonchev–Trinajstić information content (AvgIpc) is 3.03. The Morgan fingerprint density at radius 2 is 1.86 bits per heavy atom. The average molecular weight is 339 g/mol. The number of carbonyl (C=O) groups excluding carboxylic acids is 2. The van der Waals surface area contributed by atoms with Gasteiger partial charge in [-0.3, -0.25) is 14.5 Å². The van der Waals surface area contributed by atoms with E-state index in [2.05, 4.69) is 15.8 Å². The Morgan fingerprint density at radius 1 is 1.23 bits per heavy atom. The van der Waals surface area contributed by atoms with Crippen LogP contribution in [0.5, 0.6) is 0 Å². The first kappa shape index (κ1) is 15.3. The third-order valence-corrected chi connectivity index (χ3v) is 5.40. The number of anilines is 1. The highest BCUT2D eigenvalue weighted by Crippen LogP contribution is 2.32. The first-order chi connectivity index (χ1) is 10.6. The van der Waals surface area contributed by atoms with E-state index in [9.17, 15) is 9.59 Å². The van der Waals surface area contributed by atoms with Crippen LogP contribution in [0.4, 0.5) is 5.00 Å². The molecule has 2 fully saturated rings. The van der Waals surface area contributed by atoms with Crippen molar-refractivity contribution in [2.45, 2.75) is 50.6 Å². The van der Waals surface area contributed by atoms with E-state index in [1.807, 2.05) is 0 Å². The van der Waals surface area contributed by atoms with Gasteiger partial charge in [-0.05, 0) is 37.2 Å². The molecule has 0 unspecified atom stereocenters. The fraction of sp³-hybridized carbons (Fsp3) is 0.571. The van der Waals surface area contributed by atoms with E-state index >= 15 is 0 Å². The molecule has 1 aromatic rings. The largest absolute Gasteiger partial charge is 0.372 e. The van der Waals surface area contributed by atoms with Gasteiger partial charge in [0.2, 0.25) is 11.8 Å². The molecule has 2 amide bonds. The molecule has 2 aliphatic rings. The number of amides is 2. The van der Waals surface area contributed by atoms with Crippen molar-refractivity contribution >= 4 is 39.9 Å². The van der Waals surface area contributed by atoms with Crippen LogP contribution in [0.2, 0.25) is 5.15 Å². The lowest BCUT2D eigenvalue weighted by Crippen LogP contribution is -2.43. The number of nitrogens with zero attached hydrogens (tertiary/aromatic N) is 3. The fourth-order valence-corrected chi connectivity index (χ4v) is 4.14. The van der Waals surface area contributed by atoms with E-state index < -0.39 is 0 Å². The van der Waals surface area contributed by atoms with Crippen LogP contribution in [0.25, 0.3) is 0 Å². The number of halogens is 1. The summed E-state index contributed by atoms with van der Waals surface area (Å²) in [7, 11) is 0. The molecule has 1 saturated heterocycles. The molecule has 1 aliphatic heterocycles. The van der Waals surface area contributed by atoms with Gasteiger partial charge < -0.3 is 5.32 Å². The summed E-state index contributed by atoms with van der Waals surface area (Å²) in [6, 6.07) is 2.30. The molecule has 8 heteroatoms. The van der Waals surface area contributed by atoms with E-state index in [-0.39, 0.29) is 29.1 Å². The first-order valence-corrected chi connectivity index (χ1v) is 8.42. The highest BCUT2D eigenvalue weighted by Gasteiger charge is 2.37. The van der Waals surface area contributed by atoms with Gasteiger partial charge in [-0.25, -0.2) is 0 Å². The number of aromatic nitrogens is 1. The van der Waals surface area contributed by atoms with E-state index in [1.54, 1.807) is 0 Å². The summed E-state index contributed by atoms with van der Waals surface area (Å²) in [4.78, 5) is 25.0. The predicted octanol–water partition coefficient (Wildman–Crippen LogP) is 2.54. The number of nitrogens with one attached hydrogen (secondary N) is 1. The number of nitriles is 1. The number of rotatable bonds is 3. The van der Waals surface area contributed by atoms with Crippen LogP contribution in [0.3, 0.4) is 0 Å². The minimum atomic E-state index is -0.0394. The second-order valence-corrected chi connectivity index (χ2v) is 6.73. The molecular formula is C14H15ClN4O2S. The fourth-order valence-electron chi connectivity index (χ4n) is 3.13. The summed E-state index contributed by atoms with van der Waals surface area (Å²) >= 11 is 7.05. The topological polar surface area (TPSA) is 86.1 Å². The highest BCUT2D eigenvalue weighted by atomic mass is 35.5. The van der Waals surface area contributed by atoms with Crippen molar-refractivity contribution in [2.75, 3.05) is 5.32 Å². The Morgan fingerprint density at radius 3 is 2.45 bits per heavy atom. The molecule has 116 valence electrons. The summed E-state index contributed by atoms with van der Waals surface area (Å²) in [5.74, 6) is -0.0789. The smallest absolute Gasteiger partial charge is 0.229 e. The van der Waals surface area contributed by atoms with Gasteiger partial charge in [-0.2, -0.15) is 9.64 Å². The van der Waals surface area contributed by atoms with Crippen LogP contribution in [0.1, 0.15) is 44.1 Å². The molecule has 3 rings (SSSR count). The van der Waals surface area contributed by atoms with Crippen molar-refractivity contribution in [3.63, 3.8) is 0 Å². The molecule has 1 N–H and O–H groups in total. The third-order valence-electron chi connectivity index (χ3n) is 4.25. The molecule has 1 aliphatic carbocycles. The highest BCUT2D eigenvalue weighted by molar-refractivity contribution is 7.10. The second-order valence-electron chi connectivity index (χ2n) is 5.60. The summed E-state index contributed by atoms with van der Waals surface area (Å²) < 4.78 is 3.98. The summed E-state index contributed by atoms with van der Waals surface area (Å²) in [5, 5.41) is 13.3. The van der Waals surface area contributed by atoms with Crippen LogP contribution in [-0.2, 0) is 9.59 Å². The van der Waals surface area contributed by atoms with Gasteiger partial charge in [0.25, 0.3) is 0 Å². The molecule has 0 spiro atoms. The molecule has 0 atom stereocenters. The van der Waals surface area contributed by atoms with Crippen molar-refractivity contribution in [1.29, 1.82) is 5.26 Å². The van der Waals surface area contributed by atoms with Crippen molar-refractivity contribution in [3.8, 4) is 6.07 Å². The second kappa shape index (κ2) is 6.23. The van der Waals surface area contributed by atoms with Gasteiger partial charge in [0.05, 0.1) is 0 Å². The van der Waals surface area contributed by atoms with Gasteiger partial charge in [0.1, 0.15) is 16.6 Å². The monoisotopic (exact) mass is 338 g/mol. The summed E-state index contributed by atoms with van der Waals surface area (Å²) in [5.41, 5.74) is 0.388. The van der Waals surface area contributed by atoms with E-state index in [0.29, 0.717) is 23.4 Å². The third kappa shape index (κ3) is 2.81. The molecule has 0 radical (unpaired) electrons. The van der Waals surface area contributed by atoms with Gasteiger partial charge in [0.15, 0.2) is 5.15 Å². The zero-order chi connectivity index (χ0) is 15.7. The zero-order valence-corrected chi connectivity index (χ0v) is 13.4. The lowest BCUT2D eigenvalue weighted by Gasteiger charge is -2.33. The number of carbonyl (C=O) groups is 2. The number of imide groups is 1. The van der Waals surface area contributed by atoms with Gasteiger partial charge in [-0.1, -0.05) is 11.6 Å². The summed E-state index contributed by atoms with van der Waals surface area (Å²) in [6.45, 7) is 0. The quantitative estimate of drug-likeness (QED) is 0.856. The van der Waals surface area contributed by atoms with Crippen LogP contribution in [0, 0.1) is 11.3 Å². The van der Waals surface area contributed by atoms with Crippen molar-refractivity contribution in [1.82, 2.24) is 9.27 Å². The lowest BCUT2D eigenvalue weighted by atomic mass is 9.90. The maximum atomic E-state index is 11.8. The standard InChI is InChI=1S/C14H15ClN4O2S/c15-13-10(7-16)14(22-18-13)17-8-1-3-9(4-2-8)19-11(20)5-6-12(19)21/h8-9,17H,1-6H2. The van der Waals surface area contributed by atoms with Crippen LogP contribution in [0.15, 0.2) is 0 Å². The maximum Gasteiger partial charge on any atom is 0.229 e. The Kier molecular flexibility index (Phi) is 4.32. The molecule has 1 saturated carbocycles. The Bertz CT molecular complexity index is 630. The lowest BCUT2D eigenvalue weighted by molar-refractivity contribution is -0.141. The van der Waals surface area contributed by atoms with Gasteiger partial charge in [0, 0.05) is 24.9 Å². The van der Waals surface area contributed by atoms with E-state index in [0.717, 1.165) is 25.7 Å². The van der Waals surface area contributed by atoms with Gasteiger partial charge >= 0.3 is 0 Å². The summed E-state index contributed by atoms with van der Waals surface area (Å²) in [6.07, 6.45) is 3.99. The van der Waals surface area contributed by atoms with Crippen molar-refractivity contribution in [3.05, 3.63) is 10.7 Å². The van der Waals surface area contributed by atoms with E-state index in [4.69, 9.17) is 16.9 Å². The maximum absolute atomic E-state index is 11.8. The Labute approximate surface area is 137 Å². The molecule has 2 heterocycles. The molecule has 0 aromatic carbocycles. The van der Waals surface area contributed by atoms with Crippen LogP contribution < -0.4 is 5.32 Å². The Balaban J connectivity index is 1.59. The van der Waals surface area contributed by atoms with Gasteiger partial charge in [-0.15, -0.1) is 0 Å². The minimum Gasteiger partial charge on any atom is -0.372 e. The molecule has 0 bridgehead atoms. The predicted molar refractivity (Wildman–Crippen MR) is 82.6 cm³/mol. The Hall–Kier alpha value is -1.65. The first-order valence-electron chi connectivity index (χ1n) is 7.27. The molecule has 6 nitrogen and oxygen atoms in total. The van der Waals surface area contributed by atoms with Crippen LogP contribution >= 0.6 is 23.1 Å². The van der Waals surface area contributed by atoms with Crippen molar-refractivity contribution in [2.24, 2.45) is 0 Å². The molecule has 1 aromatic heterocycles. The number of hydrogen-bond acceptors (Lipinski definition) is 6. The van der Waals surface area contributed by atoms with Crippen molar-refractivity contribution < 1.29 is 9.59 Å².